The number of carbonyl (C=O) groups is 1. The summed E-state index contributed by atoms with van der Waals surface area (Å²) in [7, 11) is 3.02. The third kappa shape index (κ3) is 4.00. The van der Waals surface area contributed by atoms with Crippen LogP contribution in [0.1, 0.15) is 35.4 Å². The van der Waals surface area contributed by atoms with Crippen molar-refractivity contribution < 1.29 is 34.0 Å². The van der Waals surface area contributed by atoms with Crippen molar-refractivity contribution >= 4 is 5.91 Å². The van der Waals surface area contributed by atoms with Crippen LogP contribution in [-0.4, -0.2) is 49.6 Å². The molecular formula is C30H34N2O7. The number of amides is 1. The number of benzene rings is 3. The number of fused-ring (bicyclic) bond motifs is 3. The van der Waals surface area contributed by atoms with Crippen LogP contribution in [0, 0.1) is 5.92 Å². The lowest BCUT2D eigenvalue weighted by molar-refractivity contribution is -0.154. The van der Waals surface area contributed by atoms with Gasteiger partial charge in [0.1, 0.15) is 29.1 Å². The van der Waals surface area contributed by atoms with Gasteiger partial charge in [0.2, 0.25) is 5.91 Å². The Labute approximate surface area is 227 Å². The van der Waals surface area contributed by atoms with Crippen molar-refractivity contribution in [2.45, 2.75) is 36.1 Å². The van der Waals surface area contributed by atoms with Gasteiger partial charge in [0.05, 0.1) is 32.3 Å². The molecule has 9 heteroatoms. The fourth-order valence-electron chi connectivity index (χ4n) is 6.22. The van der Waals surface area contributed by atoms with Gasteiger partial charge in [-0.1, -0.05) is 42.5 Å². The zero-order chi connectivity index (χ0) is 27.8. The topological polar surface area (TPSA) is 146 Å². The maximum absolute atomic E-state index is 13.0. The highest BCUT2D eigenvalue weighted by Gasteiger charge is 2.77. The number of nitrogens with two attached hydrogens (primary N) is 2. The van der Waals surface area contributed by atoms with Crippen molar-refractivity contribution in [3.63, 3.8) is 0 Å². The van der Waals surface area contributed by atoms with Gasteiger partial charge in [-0.15, -0.1) is 0 Å². The fourth-order valence-corrected chi connectivity index (χ4v) is 6.22. The van der Waals surface area contributed by atoms with Gasteiger partial charge in [-0.05, 0) is 42.6 Å². The number of aliphatic hydroxyl groups excluding tert-OH is 1. The average molecular weight is 535 g/mol. The molecule has 5 atom stereocenters. The third-order valence-electron chi connectivity index (χ3n) is 7.92. The summed E-state index contributed by atoms with van der Waals surface area (Å²) in [6, 6.07) is 19.5. The maximum atomic E-state index is 13.0. The monoisotopic (exact) mass is 534 g/mol. The number of aliphatic hydroxyl groups is 2. The molecule has 0 spiro atoms. The van der Waals surface area contributed by atoms with Crippen molar-refractivity contribution in [3.8, 4) is 23.0 Å². The second kappa shape index (κ2) is 10.4. The van der Waals surface area contributed by atoms with E-state index < -0.39 is 35.0 Å². The second-order valence-corrected chi connectivity index (χ2v) is 9.94. The summed E-state index contributed by atoms with van der Waals surface area (Å²) >= 11 is 0. The van der Waals surface area contributed by atoms with Gasteiger partial charge in [-0.3, -0.25) is 4.79 Å². The summed E-state index contributed by atoms with van der Waals surface area (Å²) in [5.74, 6) is -1.16. The van der Waals surface area contributed by atoms with E-state index >= 15 is 0 Å². The van der Waals surface area contributed by atoms with Crippen LogP contribution in [0.2, 0.25) is 0 Å². The zero-order valence-corrected chi connectivity index (χ0v) is 22.0. The van der Waals surface area contributed by atoms with Crippen LogP contribution in [0.3, 0.4) is 0 Å². The van der Waals surface area contributed by atoms with Gasteiger partial charge in [0.25, 0.3) is 0 Å². The quantitative estimate of drug-likeness (QED) is 0.290. The number of primary amides is 1. The molecule has 9 nitrogen and oxygen atoms in total. The Kier molecular flexibility index (Phi) is 7.15. The number of methoxy groups -OCH3 is 2. The Morgan fingerprint density at radius 2 is 1.72 bits per heavy atom. The van der Waals surface area contributed by atoms with Gasteiger partial charge >= 0.3 is 0 Å². The Hall–Kier alpha value is -3.79. The Morgan fingerprint density at radius 1 is 1.00 bits per heavy atom. The summed E-state index contributed by atoms with van der Waals surface area (Å²) in [5.41, 5.74) is 9.19. The largest absolute Gasteiger partial charge is 0.497 e. The van der Waals surface area contributed by atoms with Crippen LogP contribution in [0.4, 0.5) is 0 Å². The highest BCUT2D eigenvalue weighted by Crippen LogP contribution is 2.70. The average Bonchev–Trinajstić information content (AvgIpc) is 3.33. The first-order valence-electron chi connectivity index (χ1n) is 13.0. The predicted molar refractivity (Wildman–Crippen MR) is 144 cm³/mol. The van der Waals surface area contributed by atoms with Crippen LogP contribution in [-0.2, 0) is 16.0 Å². The molecule has 1 heterocycles. The number of hydrogen-bond donors (Lipinski definition) is 4. The second-order valence-electron chi connectivity index (χ2n) is 9.94. The molecule has 1 aliphatic heterocycles. The van der Waals surface area contributed by atoms with E-state index in [0.717, 1.165) is 12.8 Å². The molecule has 0 bridgehead atoms. The third-order valence-corrected chi connectivity index (χ3v) is 7.92. The maximum Gasteiger partial charge on any atom is 0.224 e. The minimum Gasteiger partial charge on any atom is -0.497 e. The molecule has 206 valence electrons. The molecule has 0 saturated heterocycles. The highest BCUT2D eigenvalue weighted by molar-refractivity contribution is 5.81. The summed E-state index contributed by atoms with van der Waals surface area (Å²) in [6.07, 6.45) is -0.0296. The number of rotatable bonds is 10. The first kappa shape index (κ1) is 26.8. The fraction of sp³-hybridized carbons (Fsp3) is 0.367. The van der Waals surface area contributed by atoms with Crippen LogP contribution < -0.4 is 30.4 Å². The minimum atomic E-state index is -2.11. The van der Waals surface area contributed by atoms with Crippen molar-refractivity contribution in [3.05, 3.63) is 83.4 Å². The van der Waals surface area contributed by atoms with Gasteiger partial charge in [-0.25, -0.2) is 0 Å². The normalized spacial score (nSPS) is 26.8. The molecule has 1 saturated carbocycles. The molecule has 0 unspecified atom stereocenters. The van der Waals surface area contributed by atoms with E-state index in [1.807, 2.05) is 30.3 Å². The van der Waals surface area contributed by atoms with E-state index in [0.29, 0.717) is 35.8 Å². The molecule has 0 radical (unpaired) electrons. The van der Waals surface area contributed by atoms with Gasteiger partial charge in [-0.2, -0.15) is 0 Å². The Morgan fingerprint density at radius 3 is 2.33 bits per heavy atom. The van der Waals surface area contributed by atoms with E-state index in [-0.39, 0.29) is 17.1 Å². The molecule has 5 rings (SSSR count). The summed E-state index contributed by atoms with van der Waals surface area (Å²) in [6.45, 7) is 1.00. The molecule has 1 fully saturated rings. The first-order valence-corrected chi connectivity index (χ1v) is 13.0. The molecule has 2 aliphatic rings. The molecule has 39 heavy (non-hydrogen) atoms. The first-order chi connectivity index (χ1) is 18.8. The SMILES string of the molecule is COc1ccc([C@@]23Oc4cc(OCCCCN)cc(OC)c4[C@]2(O)[C@H](O)[C@H](C(N)=O)[C@H]3c2ccccc2)cc1. The van der Waals surface area contributed by atoms with E-state index in [2.05, 4.69) is 0 Å². The molecule has 0 aromatic heterocycles. The van der Waals surface area contributed by atoms with Crippen molar-refractivity contribution in [1.29, 1.82) is 0 Å². The zero-order valence-electron chi connectivity index (χ0n) is 22.0. The molecule has 3 aromatic rings. The summed E-state index contributed by atoms with van der Waals surface area (Å²) in [4.78, 5) is 13.0. The van der Waals surface area contributed by atoms with Crippen molar-refractivity contribution in [1.82, 2.24) is 0 Å². The van der Waals surface area contributed by atoms with E-state index in [1.54, 1.807) is 43.5 Å². The Bertz CT molecular complexity index is 1330. The number of ether oxygens (including phenoxy) is 4. The minimum absolute atomic E-state index is 0.229. The van der Waals surface area contributed by atoms with E-state index in [4.69, 9.17) is 30.4 Å². The number of unbranched alkanes of at least 4 members (excludes halogenated alkanes) is 1. The predicted octanol–water partition coefficient (Wildman–Crippen LogP) is 2.56. The molecule has 3 aromatic carbocycles. The molecule has 1 amide bonds. The van der Waals surface area contributed by atoms with E-state index in [9.17, 15) is 15.0 Å². The lowest BCUT2D eigenvalue weighted by Gasteiger charge is -2.40. The smallest absolute Gasteiger partial charge is 0.224 e. The highest BCUT2D eigenvalue weighted by atomic mass is 16.5. The van der Waals surface area contributed by atoms with E-state index in [1.165, 1.54) is 7.11 Å². The summed E-state index contributed by atoms with van der Waals surface area (Å²) in [5, 5.41) is 24.6. The van der Waals surface area contributed by atoms with Crippen LogP contribution >= 0.6 is 0 Å². The lowest BCUT2D eigenvalue weighted by atomic mass is 9.70. The van der Waals surface area contributed by atoms with Gasteiger partial charge in [0.15, 0.2) is 11.2 Å². The van der Waals surface area contributed by atoms with Crippen molar-refractivity contribution in [2.75, 3.05) is 27.4 Å². The van der Waals surface area contributed by atoms with Gasteiger partial charge < -0.3 is 40.6 Å². The van der Waals surface area contributed by atoms with Crippen LogP contribution in [0.15, 0.2) is 66.7 Å². The molecule has 6 N–H and O–H groups in total. The van der Waals surface area contributed by atoms with Crippen LogP contribution in [0.5, 0.6) is 23.0 Å². The summed E-state index contributed by atoms with van der Waals surface area (Å²) < 4.78 is 23.8. The molecule has 1 aliphatic carbocycles. The lowest BCUT2D eigenvalue weighted by Crippen LogP contribution is -2.52. The standard InChI is InChI=1S/C30H34N2O7/c1-36-20-12-10-19(11-13-20)30-25(18-8-4-3-5-9-18)24(28(32)34)27(33)29(30,35)26-22(37-2)16-21(17-23(26)39-30)38-15-7-6-14-31/h3-5,8-13,16-17,24-25,27,33,35H,6-7,14-15,31H2,1-2H3,(H2,32,34)/t24-,25-,27-,29+,30+/m1/s1. The van der Waals surface area contributed by atoms with Crippen LogP contribution in [0.25, 0.3) is 0 Å². The molecular weight excluding hydrogens is 500 g/mol. The number of hydrogen-bond acceptors (Lipinski definition) is 8. The van der Waals surface area contributed by atoms with Gasteiger partial charge in [0, 0.05) is 18.1 Å². The number of carbonyl (C=O) groups excluding carboxylic acids is 1. The van der Waals surface area contributed by atoms with Crippen molar-refractivity contribution in [2.24, 2.45) is 17.4 Å². The Balaban J connectivity index is 1.76.